The van der Waals surface area contributed by atoms with E-state index in [0.29, 0.717) is 18.7 Å². The fraction of sp³-hybridized carbons (Fsp3) is 0.458. The number of hydrogen-bond donors (Lipinski definition) is 0. The molecule has 0 N–H and O–H groups in total. The summed E-state index contributed by atoms with van der Waals surface area (Å²) in [7, 11) is 2.84. The van der Waals surface area contributed by atoms with Crippen LogP contribution in [0, 0.1) is 5.92 Å². The molecule has 2 heterocycles. The molecule has 2 unspecified atom stereocenters. The Bertz CT molecular complexity index is 951. The van der Waals surface area contributed by atoms with Gasteiger partial charge in [-0.25, -0.2) is 4.79 Å². The van der Waals surface area contributed by atoms with Crippen molar-refractivity contribution in [1.29, 1.82) is 0 Å². The smallest absolute Gasteiger partial charge is 0.341 e. The van der Waals surface area contributed by atoms with Crippen molar-refractivity contribution in [1.82, 2.24) is 4.90 Å². The van der Waals surface area contributed by atoms with Crippen LogP contribution < -0.4 is 4.74 Å². The standard InChI is InChI=1S/C24H29NO7/c1-4-5-13-25-21(26)11-10-18(22(25)16-8-6-7-9-19(16)29-2)24(28)32-15-20-17(12-14-31-20)23(27)30-3/h6-9,12,14,18,22H,4-5,10-11,13,15H2,1-3H3. The molecule has 0 saturated carbocycles. The Hall–Kier alpha value is -3.29. The van der Waals surface area contributed by atoms with E-state index in [1.165, 1.54) is 19.4 Å². The van der Waals surface area contributed by atoms with Crippen molar-refractivity contribution in [2.75, 3.05) is 20.8 Å². The number of furan rings is 1. The lowest BCUT2D eigenvalue weighted by molar-refractivity contribution is -0.158. The van der Waals surface area contributed by atoms with E-state index in [1.807, 2.05) is 24.3 Å². The van der Waals surface area contributed by atoms with Gasteiger partial charge in [-0.05, 0) is 25.0 Å². The second-order valence-electron chi connectivity index (χ2n) is 7.63. The van der Waals surface area contributed by atoms with Gasteiger partial charge >= 0.3 is 11.9 Å². The van der Waals surface area contributed by atoms with Gasteiger partial charge in [-0.3, -0.25) is 9.59 Å². The quantitative estimate of drug-likeness (QED) is 0.543. The molecule has 1 aliphatic rings. The van der Waals surface area contributed by atoms with Gasteiger partial charge in [0.15, 0.2) is 5.76 Å². The number of benzene rings is 1. The first-order valence-electron chi connectivity index (χ1n) is 10.8. The number of methoxy groups -OCH3 is 2. The van der Waals surface area contributed by atoms with E-state index >= 15 is 0 Å². The lowest BCUT2D eigenvalue weighted by atomic mass is 9.83. The van der Waals surface area contributed by atoms with Crippen LogP contribution in [-0.2, 0) is 25.7 Å². The van der Waals surface area contributed by atoms with Crippen LogP contribution in [0.5, 0.6) is 5.75 Å². The minimum atomic E-state index is -0.572. The lowest BCUT2D eigenvalue weighted by Gasteiger charge is -2.40. The molecule has 2 aromatic rings. The topological polar surface area (TPSA) is 95.3 Å². The first-order chi connectivity index (χ1) is 15.5. The first-order valence-corrected chi connectivity index (χ1v) is 10.8. The van der Waals surface area contributed by atoms with Crippen molar-refractivity contribution in [2.45, 2.75) is 45.3 Å². The summed E-state index contributed by atoms with van der Waals surface area (Å²) in [5.74, 6) is -0.748. The number of esters is 2. The number of hydrogen-bond acceptors (Lipinski definition) is 7. The third-order valence-corrected chi connectivity index (χ3v) is 5.72. The fourth-order valence-corrected chi connectivity index (χ4v) is 4.08. The second kappa shape index (κ2) is 10.8. The van der Waals surface area contributed by atoms with Crippen LogP contribution in [-0.4, -0.2) is 43.5 Å². The number of ether oxygens (including phenoxy) is 3. The molecule has 0 spiro atoms. The third-order valence-electron chi connectivity index (χ3n) is 5.72. The minimum absolute atomic E-state index is 0.0115. The Morgan fingerprint density at radius 1 is 1.19 bits per heavy atom. The van der Waals surface area contributed by atoms with Gasteiger partial charge in [0, 0.05) is 18.5 Å². The molecule has 1 aromatic carbocycles. The van der Waals surface area contributed by atoms with Crippen LogP contribution in [0.15, 0.2) is 41.0 Å². The molecule has 8 heteroatoms. The maximum absolute atomic E-state index is 13.2. The summed E-state index contributed by atoms with van der Waals surface area (Å²) >= 11 is 0. The summed E-state index contributed by atoms with van der Waals surface area (Å²) in [6, 6.07) is 8.38. The highest BCUT2D eigenvalue weighted by atomic mass is 16.5. The van der Waals surface area contributed by atoms with Crippen LogP contribution in [0.3, 0.4) is 0 Å². The SMILES string of the molecule is CCCCN1C(=O)CCC(C(=O)OCc2occc2C(=O)OC)C1c1ccccc1OC. The Balaban J connectivity index is 1.87. The van der Waals surface area contributed by atoms with Crippen LogP contribution in [0.4, 0.5) is 0 Å². The van der Waals surface area contributed by atoms with E-state index in [4.69, 9.17) is 18.6 Å². The average Bonchev–Trinajstić information content (AvgIpc) is 3.29. The highest BCUT2D eigenvalue weighted by molar-refractivity contribution is 5.90. The maximum atomic E-state index is 13.2. The number of rotatable bonds is 9. The Morgan fingerprint density at radius 2 is 1.97 bits per heavy atom. The molecule has 0 radical (unpaired) electrons. The van der Waals surface area contributed by atoms with E-state index in [0.717, 1.165) is 18.4 Å². The van der Waals surface area contributed by atoms with E-state index in [9.17, 15) is 14.4 Å². The van der Waals surface area contributed by atoms with Crippen molar-refractivity contribution in [3.63, 3.8) is 0 Å². The monoisotopic (exact) mass is 443 g/mol. The van der Waals surface area contributed by atoms with Gasteiger partial charge in [-0.1, -0.05) is 31.5 Å². The normalized spacial score (nSPS) is 18.3. The van der Waals surface area contributed by atoms with Crippen LogP contribution >= 0.6 is 0 Å². The number of unbranched alkanes of at least 4 members (excludes halogenated alkanes) is 1. The van der Waals surface area contributed by atoms with E-state index < -0.39 is 23.9 Å². The zero-order valence-electron chi connectivity index (χ0n) is 18.7. The Morgan fingerprint density at radius 3 is 2.69 bits per heavy atom. The van der Waals surface area contributed by atoms with Crippen LogP contribution in [0.1, 0.15) is 60.3 Å². The van der Waals surface area contributed by atoms with Crippen molar-refractivity contribution < 1.29 is 33.0 Å². The molecule has 0 bridgehead atoms. The number of nitrogens with zero attached hydrogens (tertiary/aromatic N) is 1. The number of piperidine rings is 1. The molecule has 1 fully saturated rings. The summed E-state index contributed by atoms with van der Waals surface area (Å²) in [6.45, 7) is 2.40. The lowest BCUT2D eigenvalue weighted by Crippen LogP contribution is -2.46. The highest BCUT2D eigenvalue weighted by Crippen LogP contribution is 2.41. The number of likely N-dealkylation sites (tertiary alicyclic amines) is 1. The first kappa shape index (κ1) is 23.4. The molecule has 3 rings (SSSR count). The van der Waals surface area contributed by atoms with E-state index in [2.05, 4.69) is 6.92 Å². The van der Waals surface area contributed by atoms with Gasteiger partial charge in [-0.15, -0.1) is 0 Å². The molecule has 1 saturated heterocycles. The number of carbonyl (C=O) groups is 3. The van der Waals surface area contributed by atoms with Gasteiger partial charge in [0.25, 0.3) is 0 Å². The molecule has 32 heavy (non-hydrogen) atoms. The molecule has 0 aliphatic carbocycles. The largest absolute Gasteiger partial charge is 0.496 e. The summed E-state index contributed by atoms with van der Waals surface area (Å²) in [5, 5.41) is 0. The molecule has 172 valence electrons. The molecule has 1 aromatic heterocycles. The molecule has 8 nitrogen and oxygen atoms in total. The Labute approximate surface area is 187 Å². The van der Waals surface area contributed by atoms with Crippen molar-refractivity contribution >= 4 is 17.8 Å². The molecule has 1 amide bonds. The molecular weight excluding hydrogens is 414 g/mol. The van der Waals surface area contributed by atoms with Crippen molar-refractivity contribution in [2.24, 2.45) is 5.92 Å². The van der Waals surface area contributed by atoms with Crippen LogP contribution in [0.25, 0.3) is 0 Å². The summed E-state index contributed by atoms with van der Waals surface area (Å²) in [5.41, 5.74) is 0.985. The molecule has 1 aliphatic heterocycles. The zero-order chi connectivity index (χ0) is 23.1. The molecule has 2 atom stereocenters. The molecular formula is C24H29NO7. The van der Waals surface area contributed by atoms with Gasteiger partial charge in [0.05, 0.1) is 32.4 Å². The minimum Gasteiger partial charge on any atom is -0.496 e. The van der Waals surface area contributed by atoms with E-state index in [1.54, 1.807) is 12.0 Å². The third kappa shape index (κ3) is 4.95. The number of amides is 1. The fourth-order valence-electron chi connectivity index (χ4n) is 4.08. The van der Waals surface area contributed by atoms with Gasteiger partial charge in [0.1, 0.15) is 17.9 Å². The highest BCUT2D eigenvalue weighted by Gasteiger charge is 2.42. The average molecular weight is 443 g/mol. The van der Waals surface area contributed by atoms with Gasteiger partial charge in [0.2, 0.25) is 5.91 Å². The van der Waals surface area contributed by atoms with Gasteiger partial charge in [-0.2, -0.15) is 0 Å². The van der Waals surface area contributed by atoms with E-state index in [-0.39, 0.29) is 30.3 Å². The predicted molar refractivity (Wildman–Crippen MR) is 115 cm³/mol. The summed E-state index contributed by atoms with van der Waals surface area (Å²) < 4.78 is 21.1. The Kier molecular flexibility index (Phi) is 7.92. The number of para-hydroxylation sites is 1. The summed E-state index contributed by atoms with van der Waals surface area (Å²) in [4.78, 5) is 39.6. The summed E-state index contributed by atoms with van der Waals surface area (Å²) in [6.07, 6.45) is 3.73. The van der Waals surface area contributed by atoms with Crippen molar-refractivity contribution in [3.8, 4) is 5.75 Å². The maximum Gasteiger partial charge on any atom is 0.341 e. The zero-order valence-corrected chi connectivity index (χ0v) is 18.7. The van der Waals surface area contributed by atoms with Gasteiger partial charge < -0.3 is 23.5 Å². The van der Waals surface area contributed by atoms with Crippen LogP contribution in [0.2, 0.25) is 0 Å². The second-order valence-corrected chi connectivity index (χ2v) is 7.63. The van der Waals surface area contributed by atoms with Crippen molar-refractivity contribution in [3.05, 3.63) is 53.5 Å². The number of carbonyl (C=O) groups excluding carboxylic acids is 3. The predicted octanol–water partition coefficient (Wildman–Crippen LogP) is 3.90.